The molecule has 4 nitrogen and oxygen atoms in total. The van der Waals surface area contributed by atoms with Crippen LogP contribution in [0.4, 0.5) is 5.13 Å². The van der Waals surface area contributed by atoms with E-state index in [0.717, 1.165) is 45.9 Å². The monoisotopic (exact) mass is 422 g/mol. The lowest BCUT2D eigenvalue weighted by Crippen LogP contribution is -2.38. The van der Waals surface area contributed by atoms with E-state index < -0.39 is 0 Å². The Bertz CT molecular complexity index is 1050. The van der Waals surface area contributed by atoms with E-state index in [9.17, 15) is 4.79 Å². The van der Waals surface area contributed by atoms with Gasteiger partial charge < -0.3 is 4.74 Å². The molecule has 30 heavy (non-hydrogen) atoms. The summed E-state index contributed by atoms with van der Waals surface area (Å²) in [4.78, 5) is 20.3. The van der Waals surface area contributed by atoms with Crippen LogP contribution in [0.3, 0.4) is 0 Å². The Morgan fingerprint density at radius 3 is 2.83 bits per heavy atom. The van der Waals surface area contributed by atoms with E-state index in [1.807, 2.05) is 4.90 Å². The first-order valence-corrected chi connectivity index (χ1v) is 11.6. The number of hydrogen-bond donors (Lipinski definition) is 0. The Balaban J connectivity index is 1.69. The van der Waals surface area contributed by atoms with E-state index in [2.05, 4.69) is 64.1 Å². The van der Waals surface area contributed by atoms with Gasteiger partial charge in [-0.15, -0.1) is 0 Å². The molecule has 1 saturated heterocycles. The fraction of sp³-hybridized carbons (Fsp3) is 0.440. The number of amides is 1. The summed E-state index contributed by atoms with van der Waals surface area (Å²) in [5.41, 5.74) is 5.66. The van der Waals surface area contributed by atoms with Crippen molar-refractivity contribution in [2.75, 3.05) is 18.1 Å². The molecule has 1 aromatic heterocycles. The molecule has 1 aliphatic heterocycles. The number of aromatic nitrogens is 1. The number of hydrogen-bond acceptors (Lipinski definition) is 4. The highest BCUT2D eigenvalue weighted by Gasteiger charge is 2.27. The van der Waals surface area contributed by atoms with Crippen LogP contribution in [0, 0.1) is 13.8 Å². The van der Waals surface area contributed by atoms with Gasteiger partial charge in [0.1, 0.15) is 0 Å². The summed E-state index contributed by atoms with van der Waals surface area (Å²) in [5, 5.41) is 0.781. The largest absolute Gasteiger partial charge is 0.376 e. The molecule has 1 amide bonds. The average molecular weight is 423 g/mol. The third-order valence-corrected chi connectivity index (χ3v) is 6.89. The van der Waals surface area contributed by atoms with Crippen LogP contribution < -0.4 is 4.90 Å². The zero-order chi connectivity index (χ0) is 21.3. The fourth-order valence-electron chi connectivity index (χ4n) is 4.07. The lowest BCUT2D eigenvalue weighted by atomic mass is 10.0. The average Bonchev–Trinajstić information content (AvgIpc) is 3.37. The van der Waals surface area contributed by atoms with Crippen molar-refractivity contribution in [1.82, 2.24) is 4.98 Å². The summed E-state index contributed by atoms with van der Waals surface area (Å²) < 4.78 is 7.00. The molecule has 1 aliphatic rings. The standard InChI is InChI=1S/C25H30N2O2S/c1-16(2)21-8-5-9-22-24(21)26-25(30-22)27(15-20-7-6-12-29-20)23(28)14-19-13-17(3)10-11-18(19)4/h5,8-11,13,16,20H,6-7,12,14-15H2,1-4H3. The number of para-hydroxylation sites is 1. The first-order chi connectivity index (χ1) is 14.4. The minimum absolute atomic E-state index is 0.0872. The van der Waals surface area contributed by atoms with Crippen molar-refractivity contribution < 1.29 is 9.53 Å². The number of fused-ring (bicyclic) bond motifs is 1. The van der Waals surface area contributed by atoms with Gasteiger partial charge >= 0.3 is 0 Å². The number of rotatable bonds is 6. The maximum absolute atomic E-state index is 13.5. The van der Waals surface area contributed by atoms with Crippen LogP contribution in [0.15, 0.2) is 36.4 Å². The molecule has 2 heterocycles. The van der Waals surface area contributed by atoms with Crippen LogP contribution in [-0.4, -0.2) is 30.1 Å². The summed E-state index contributed by atoms with van der Waals surface area (Å²) in [7, 11) is 0. The smallest absolute Gasteiger partial charge is 0.233 e. The highest BCUT2D eigenvalue weighted by atomic mass is 32.1. The molecular weight excluding hydrogens is 392 g/mol. The Hall–Kier alpha value is -2.24. The van der Waals surface area contributed by atoms with Gasteiger partial charge in [0.2, 0.25) is 5.91 Å². The van der Waals surface area contributed by atoms with Crippen molar-refractivity contribution in [2.24, 2.45) is 0 Å². The summed E-state index contributed by atoms with van der Waals surface area (Å²) in [5.74, 6) is 0.477. The van der Waals surface area contributed by atoms with Crippen LogP contribution in [-0.2, 0) is 16.0 Å². The lowest BCUT2D eigenvalue weighted by Gasteiger charge is -2.23. The van der Waals surface area contributed by atoms with Gasteiger partial charge in [-0.3, -0.25) is 9.69 Å². The van der Waals surface area contributed by atoms with Gasteiger partial charge in [0, 0.05) is 6.61 Å². The van der Waals surface area contributed by atoms with Crippen LogP contribution in [0.25, 0.3) is 10.2 Å². The van der Waals surface area contributed by atoms with Crippen molar-refractivity contribution in [3.8, 4) is 0 Å². The van der Waals surface area contributed by atoms with Gasteiger partial charge in [0.25, 0.3) is 0 Å². The normalized spacial score (nSPS) is 16.5. The molecular formula is C25H30N2O2S. The van der Waals surface area contributed by atoms with E-state index >= 15 is 0 Å². The highest BCUT2D eigenvalue weighted by molar-refractivity contribution is 7.22. The molecule has 0 bridgehead atoms. The predicted molar refractivity (Wildman–Crippen MR) is 125 cm³/mol. The Labute approximate surface area is 182 Å². The number of thiazole rings is 1. The summed E-state index contributed by atoms with van der Waals surface area (Å²) in [6.45, 7) is 9.85. The molecule has 0 spiro atoms. The van der Waals surface area contributed by atoms with Crippen LogP contribution >= 0.6 is 11.3 Å². The topological polar surface area (TPSA) is 42.4 Å². The molecule has 0 aliphatic carbocycles. The molecule has 5 heteroatoms. The maximum atomic E-state index is 13.5. The van der Waals surface area contributed by atoms with E-state index in [1.165, 1.54) is 11.1 Å². The van der Waals surface area contributed by atoms with Crippen molar-refractivity contribution in [1.29, 1.82) is 0 Å². The van der Waals surface area contributed by atoms with Gasteiger partial charge in [0.05, 0.1) is 29.3 Å². The lowest BCUT2D eigenvalue weighted by molar-refractivity contribution is -0.118. The number of aryl methyl sites for hydroxylation is 2. The van der Waals surface area contributed by atoms with E-state index in [0.29, 0.717) is 18.9 Å². The van der Waals surface area contributed by atoms with Crippen LogP contribution in [0.2, 0.25) is 0 Å². The molecule has 0 N–H and O–H groups in total. The number of nitrogens with zero attached hydrogens (tertiary/aromatic N) is 2. The molecule has 3 aromatic rings. The molecule has 1 fully saturated rings. The van der Waals surface area contributed by atoms with E-state index in [4.69, 9.17) is 9.72 Å². The number of anilines is 1. The summed E-state index contributed by atoms with van der Waals surface area (Å²) >= 11 is 1.60. The van der Waals surface area contributed by atoms with Gasteiger partial charge in [-0.1, -0.05) is 61.1 Å². The van der Waals surface area contributed by atoms with Crippen molar-refractivity contribution >= 4 is 32.6 Å². The predicted octanol–water partition coefficient (Wildman–Crippen LogP) is 5.79. The third-order valence-electron chi connectivity index (χ3n) is 5.85. The van der Waals surface area contributed by atoms with Crippen LogP contribution in [0.1, 0.15) is 54.9 Å². The van der Waals surface area contributed by atoms with Crippen molar-refractivity contribution in [3.63, 3.8) is 0 Å². The minimum atomic E-state index is 0.0872. The number of benzene rings is 2. The quantitative estimate of drug-likeness (QED) is 0.505. The summed E-state index contributed by atoms with van der Waals surface area (Å²) in [6.07, 6.45) is 2.52. The molecule has 4 rings (SSSR count). The highest BCUT2D eigenvalue weighted by Crippen LogP contribution is 2.34. The minimum Gasteiger partial charge on any atom is -0.376 e. The molecule has 0 radical (unpaired) electrons. The second-order valence-electron chi connectivity index (χ2n) is 8.59. The number of ether oxygens (including phenoxy) is 1. The molecule has 1 unspecified atom stereocenters. The Morgan fingerprint density at radius 1 is 1.27 bits per heavy atom. The van der Waals surface area contributed by atoms with E-state index in [-0.39, 0.29) is 12.0 Å². The third kappa shape index (κ3) is 4.42. The zero-order valence-corrected chi connectivity index (χ0v) is 19.1. The number of carbonyl (C=O) groups is 1. The summed E-state index contributed by atoms with van der Waals surface area (Å²) in [6, 6.07) is 12.6. The van der Waals surface area contributed by atoms with Crippen LogP contribution in [0.5, 0.6) is 0 Å². The molecule has 1 atom stereocenters. The molecule has 158 valence electrons. The first kappa shape index (κ1) is 21.0. The first-order valence-electron chi connectivity index (χ1n) is 10.8. The second kappa shape index (κ2) is 8.86. The number of carbonyl (C=O) groups excluding carboxylic acids is 1. The maximum Gasteiger partial charge on any atom is 0.233 e. The Morgan fingerprint density at radius 2 is 2.10 bits per heavy atom. The molecule has 2 aromatic carbocycles. The SMILES string of the molecule is Cc1ccc(C)c(CC(=O)N(CC2CCCO2)c2nc3c(C(C)C)cccc3s2)c1. The van der Waals surface area contributed by atoms with Crippen molar-refractivity contribution in [2.45, 2.75) is 59.0 Å². The van der Waals surface area contributed by atoms with Gasteiger partial charge in [-0.25, -0.2) is 4.98 Å². The van der Waals surface area contributed by atoms with Gasteiger partial charge in [0.15, 0.2) is 5.13 Å². The fourth-order valence-corrected chi connectivity index (χ4v) is 5.09. The van der Waals surface area contributed by atoms with Gasteiger partial charge in [-0.05, 0) is 55.4 Å². The van der Waals surface area contributed by atoms with Crippen molar-refractivity contribution in [3.05, 3.63) is 58.7 Å². The molecule has 0 saturated carbocycles. The zero-order valence-electron chi connectivity index (χ0n) is 18.3. The van der Waals surface area contributed by atoms with Gasteiger partial charge in [-0.2, -0.15) is 0 Å². The van der Waals surface area contributed by atoms with E-state index in [1.54, 1.807) is 11.3 Å². The Kier molecular flexibility index (Phi) is 6.21. The second-order valence-corrected chi connectivity index (χ2v) is 9.60.